The fourth-order valence-electron chi connectivity index (χ4n) is 2.89. The third-order valence-electron chi connectivity index (χ3n) is 4.34. The number of benzene rings is 3. The van der Waals surface area contributed by atoms with Crippen LogP contribution in [0.15, 0.2) is 101 Å². The molecule has 1 N–H and O–H groups in total. The first-order chi connectivity index (χ1) is 14.1. The van der Waals surface area contributed by atoms with E-state index < -0.39 is 5.97 Å². The van der Waals surface area contributed by atoms with E-state index in [0.717, 1.165) is 20.9 Å². The number of hydrogen-bond acceptors (Lipinski definition) is 3. The van der Waals surface area contributed by atoms with E-state index in [1.165, 1.54) is 0 Å². The van der Waals surface area contributed by atoms with E-state index in [9.17, 15) is 9.90 Å². The summed E-state index contributed by atoms with van der Waals surface area (Å²) < 4.78 is 0. The van der Waals surface area contributed by atoms with Gasteiger partial charge in [-0.2, -0.15) is 0 Å². The summed E-state index contributed by atoms with van der Waals surface area (Å²) in [5.41, 5.74) is 3.09. The molecule has 0 saturated heterocycles. The van der Waals surface area contributed by atoms with Crippen molar-refractivity contribution < 1.29 is 9.90 Å². The summed E-state index contributed by atoms with van der Waals surface area (Å²) in [6.45, 7) is 0. The van der Waals surface area contributed by atoms with Crippen LogP contribution in [0.2, 0.25) is 5.02 Å². The van der Waals surface area contributed by atoms with E-state index in [1.54, 1.807) is 36.0 Å². The number of aromatic nitrogens is 1. The number of rotatable bonds is 5. The molecule has 29 heavy (non-hydrogen) atoms. The van der Waals surface area contributed by atoms with Crippen molar-refractivity contribution in [3.05, 3.63) is 102 Å². The Morgan fingerprint density at radius 3 is 1.83 bits per heavy atom. The van der Waals surface area contributed by atoms with E-state index in [-0.39, 0.29) is 5.56 Å². The minimum Gasteiger partial charge on any atom is -0.478 e. The summed E-state index contributed by atoms with van der Waals surface area (Å²) in [7, 11) is 0. The van der Waals surface area contributed by atoms with Gasteiger partial charge in [0.15, 0.2) is 0 Å². The zero-order valence-corrected chi connectivity index (χ0v) is 16.8. The largest absolute Gasteiger partial charge is 0.478 e. The molecule has 0 radical (unpaired) electrons. The maximum Gasteiger partial charge on any atom is 0.335 e. The van der Waals surface area contributed by atoms with Crippen LogP contribution in [0.3, 0.4) is 0 Å². The fourth-order valence-corrected chi connectivity index (χ4v) is 3.85. The molecule has 1 heterocycles. The summed E-state index contributed by atoms with van der Waals surface area (Å²) in [5, 5.41) is 10.1. The van der Waals surface area contributed by atoms with Crippen molar-refractivity contribution in [2.24, 2.45) is 0 Å². The Morgan fingerprint density at radius 1 is 0.759 bits per heavy atom. The Morgan fingerprint density at radius 2 is 1.28 bits per heavy atom. The lowest BCUT2D eigenvalue weighted by Gasteiger charge is -2.09. The van der Waals surface area contributed by atoms with Gasteiger partial charge >= 0.3 is 5.97 Å². The van der Waals surface area contributed by atoms with Crippen molar-refractivity contribution >= 4 is 29.3 Å². The van der Waals surface area contributed by atoms with Crippen LogP contribution in [0.4, 0.5) is 0 Å². The van der Waals surface area contributed by atoms with E-state index in [1.807, 2.05) is 54.6 Å². The van der Waals surface area contributed by atoms with Gasteiger partial charge < -0.3 is 5.11 Å². The van der Waals surface area contributed by atoms with Gasteiger partial charge in [-0.25, -0.2) is 9.78 Å². The van der Waals surface area contributed by atoms with Gasteiger partial charge in [-0.1, -0.05) is 65.8 Å². The number of carboxylic acid groups (broad SMARTS) is 1. The average molecular weight is 418 g/mol. The summed E-state index contributed by atoms with van der Waals surface area (Å²) in [6.07, 6.45) is 0. The lowest BCUT2D eigenvalue weighted by Crippen LogP contribution is -2.00. The number of carboxylic acids is 1. The molecule has 4 aromatic rings. The van der Waals surface area contributed by atoms with Gasteiger partial charge in [-0.05, 0) is 48.5 Å². The van der Waals surface area contributed by atoms with Crippen LogP contribution in [0, 0.1) is 0 Å². The Bertz CT molecular complexity index is 1140. The maximum atomic E-state index is 11.6. The highest BCUT2D eigenvalue weighted by Crippen LogP contribution is 2.30. The molecule has 0 amide bonds. The molecule has 0 saturated carbocycles. The van der Waals surface area contributed by atoms with Crippen molar-refractivity contribution in [3.8, 4) is 22.5 Å². The van der Waals surface area contributed by atoms with Gasteiger partial charge in [-0.3, -0.25) is 0 Å². The molecule has 4 rings (SSSR count). The van der Waals surface area contributed by atoms with Crippen molar-refractivity contribution in [2.45, 2.75) is 9.79 Å². The summed E-state index contributed by atoms with van der Waals surface area (Å²) in [5.74, 6) is -0.986. The second-order valence-electron chi connectivity index (χ2n) is 6.38. The van der Waals surface area contributed by atoms with Crippen LogP contribution in [0.1, 0.15) is 10.4 Å². The van der Waals surface area contributed by atoms with Gasteiger partial charge in [0.25, 0.3) is 0 Å². The van der Waals surface area contributed by atoms with E-state index in [0.29, 0.717) is 16.4 Å². The highest BCUT2D eigenvalue weighted by molar-refractivity contribution is 7.99. The maximum absolute atomic E-state index is 11.6. The molecule has 5 heteroatoms. The number of carbonyl (C=O) groups is 1. The third kappa shape index (κ3) is 4.67. The molecule has 0 aliphatic rings. The SMILES string of the molecule is O=C(O)c1cc(-c2ccc(Cl)cc2)nc(-c2ccc(Sc3ccccc3)cc2)c1. The third-order valence-corrected chi connectivity index (χ3v) is 5.61. The van der Waals surface area contributed by atoms with Crippen LogP contribution in [-0.4, -0.2) is 16.1 Å². The standard InChI is InChI=1S/C24H16ClNO2S/c25-19-10-6-16(7-11-19)22-14-18(24(27)28)15-23(26-22)17-8-12-21(13-9-17)29-20-4-2-1-3-5-20/h1-15H,(H,27,28). The predicted molar refractivity (Wildman–Crippen MR) is 118 cm³/mol. The molecule has 1 aromatic heterocycles. The van der Waals surface area contributed by atoms with Gasteiger partial charge in [0.1, 0.15) is 0 Å². The highest BCUT2D eigenvalue weighted by Gasteiger charge is 2.12. The molecule has 3 nitrogen and oxygen atoms in total. The van der Waals surface area contributed by atoms with Crippen molar-refractivity contribution in [2.75, 3.05) is 0 Å². The summed E-state index contributed by atoms with van der Waals surface area (Å²) >= 11 is 7.64. The molecule has 3 aromatic carbocycles. The zero-order valence-electron chi connectivity index (χ0n) is 15.2. The van der Waals surface area contributed by atoms with Gasteiger partial charge in [0.2, 0.25) is 0 Å². The van der Waals surface area contributed by atoms with E-state index in [2.05, 4.69) is 17.1 Å². The fraction of sp³-hybridized carbons (Fsp3) is 0. The molecular formula is C24H16ClNO2S. The van der Waals surface area contributed by atoms with Crippen LogP contribution >= 0.6 is 23.4 Å². The predicted octanol–water partition coefficient (Wildman–Crippen LogP) is 6.92. The van der Waals surface area contributed by atoms with Crippen LogP contribution in [0.25, 0.3) is 22.5 Å². The van der Waals surface area contributed by atoms with Crippen LogP contribution in [0.5, 0.6) is 0 Å². The first kappa shape index (κ1) is 19.2. The molecule has 0 spiro atoms. The van der Waals surface area contributed by atoms with Crippen molar-refractivity contribution in [3.63, 3.8) is 0 Å². The number of hydrogen-bond donors (Lipinski definition) is 1. The molecule has 0 unspecified atom stereocenters. The van der Waals surface area contributed by atoms with Gasteiger partial charge in [-0.15, -0.1) is 0 Å². The quantitative estimate of drug-likeness (QED) is 0.383. The molecule has 0 fully saturated rings. The number of aromatic carboxylic acids is 1. The highest BCUT2D eigenvalue weighted by atomic mass is 35.5. The smallest absolute Gasteiger partial charge is 0.335 e. The zero-order chi connectivity index (χ0) is 20.2. The molecular weight excluding hydrogens is 402 g/mol. The van der Waals surface area contributed by atoms with Crippen LogP contribution < -0.4 is 0 Å². The lowest BCUT2D eigenvalue weighted by molar-refractivity contribution is 0.0697. The second-order valence-corrected chi connectivity index (χ2v) is 7.96. The Kier molecular flexibility index (Phi) is 5.65. The Hall–Kier alpha value is -3.08. The monoisotopic (exact) mass is 417 g/mol. The normalized spacial score (nSPS) is 10.7. The van der Waals surface area contributed by atoms with Gasteiger partial charge in [0, 0.05) is 25.9 Å². The molecule has 0 bridgehead atoms. The summed E-state index contributed by atoms with van der Waals surface area (Å²) in [6, 6.07) is 28.5. The second kappa shape index (κ2) is 8.52. The average Bonchev–Trinajstić information content (AvgIpc) is 2.75. The topological polar surface area (TPSA) is 50.2 Å². The molecule has 0 aliphatic heterocycles. The molecule has 0 atom stereocenters. The van der Waals surface area contributed by atoms with Crippen molar-refractivity contribution in [1.29, 1.82) is 0 Å². The summed E-state index contributed by atoms with van der Waals surface area (Å²) in [4.78, 5) is 18.6. The molecule has 0 aliphatic carbocycles. The minimum absolute atomic E-state index is 0.197. The Balaban J connectivity index is 1.68. The minimum atomic E-state index is -0.986. The van der Waals surface area contributed by atoms with Crippen LogP contribution in [-0.2, 0) is 0 Å². The van der Waals surface area contributed by atoms with Crippen molar-refractivity contribution in [1.82, 2.24) is 4.98 Å². The number of pyridine rings is 1. The van der Waals surface area contributed by atoms with E-state index in [4.69, 9.17) is 11.6 Å². The van der Waals surface area contributed by atoms with Gasteiger partial charge in [0.05, 0.1) is 17.0 Å². The molecule has 142 valence electrons. The lowest BCUT2D eigenvalue weighted by atomic mass is 10.0. The first-order valence-electron chi connectivity index (χ1n) is 8.93. The first-order valence-corrected chi connectivity index (χ1v) is 10.1. The number of nitrogens with zero attached hydrogens (tertiary/aromatic N) is 1. The Labute approximate surface area is 178 Å². The number of halogens is 1. The van der Waals surface area contributed by atoms with E-state index >= 15 is 0 Å².